The fourth-order valence-electron chi connectivity index (χ4n) is 2.98. The fourth-order valence-corrected chi connectivity index (χ4v) is 3.32. The van der Waals surface area contributed by atoms with Crippen molar-refractivity contribution in [3.8, 4) is 5.75 Å². The summed E-state index contributed by atoms with van der Waals surface area (Å²) in [5, 5.41) is 0. The molecule has 0 aromatic heterocycles. The summed E-state index contributed by atoms with van der Waals surface area (Å²) >= 11 is 0. The summed E-state index contributed by atoms with van der Waals surface area (Å²) in [6.45, 7) is 1.28. The van der Waals surface area contributed by atoms with E-state index >= 15 is 0 Å². The summed E-state index contributed by atoms with van der Waals surface area (Å²) in [7, 11) is -5.03. The van der Waals surface area contributed by atoms with Crippen molar-refractivity contribution in [2.45, 2.75) is 18.9 Å². The maximum absolute atomic E-state index is 12.5. The summed E-state index contributed by atoms with van der Waals surface area (Å²) in [4.78, 5) is 26.7. The smallest absolute Gasteiger partial charge is 0.371 e. The van der Waals surface area contributed by atoms with E-state index in [0.29, 0.717) is 25.9 Å². The maximum atomic E-state index is 12.5. The van der Waals surface area contributed by atoms with E-state index in [1.165, 1.54) is 29.2 Å². The Morgan fingerprint density at radius 1 is 1.00 bits per heavy atom. The predicted octanol–water partition coefficient (Wildman–Crippen LogP) is 1.17. The number of rotatable bonds is 4. The minimum absolute atomic E-state index is 0.101. The van der Waals surface area contributed by atoms with Crippen molar-refractivity contribution in [2.24, 2.45) is 0 Å². The minimum Gasteiger partial charge on any atom is -0.371 e. The first-order valence-corrected chi connectivity index (χ1v) is 8.69. The molecule has 0 N–H and O–H groups in total. The summed E-state index contributed by atoms with van der Waals surface area (Å²) in [5.41, 5.74) is 0.828. The number of hydrogen-bond acceptors (Lipinski definition) is 6. The SMILES string of the molecule is O=C1C=CC(=O)N1C1CCN(c2ccc(OS(=O)(=O)F)cc2)CC1. The van der Waals surface area contributed by atoms with E-state index < -0.39 is 10.5 Å². The Labute approximate surface area is 138 Å². The van der Waals surface area contributed by atoms with Gasteiger partial charge in [0.25, 0.3) is 11.8 Å². The van der Waals surface area contributed by atoms with Crippen LogP contribution in [0.2, 0.25) is 0 Å². The molecular weight excluding hydrogens is 339 g/mol. The summed E-state index contributed by atoms with van der Waals surface area (Å²) in [6, 6.07) is 5.89. The zero-order valence-electron chi connectivity index (χ0n) is 12.6. The maximum Gasteiger partial charge on any atom is 0.488 e. The number of carbonyl (C=O) groups excluding carboxylic acids is 2. The highest BCUT2D eigenvalue weighted by molar-refractivity contribution is 7.81. The molecular formula is C15H15FN2O5S. The van der Waals surface area contributed by atoms with Crippen molar-refractivity contribution in [3.63, 3.8) is 0 Å². The number of benzene rings is 1. The average molecular weight is 354 g/mol. The Morgan fingerprint density at radius 3 is 2.04 bits per heavy atom. The molecule has 1 saturated heterocycles. The van der Waals surface area contributed by atoms with E-state index in [0.717, 1.165) is 5.69 Å². The molecule has 1 aromatic carbocycles. The molecule has 7 nitrogen and oxygen atoms in total. The van der Waals surface area contributed by atoms with E-state index in [1.807, 2.05) is 4.90 Å². The molecule has 0 spiro atoms. The second-order valence-corrected chi connectivity index (χ2v) is 6.52. The van der Waals surface area contributed by atoms with Gasteiger partial charge in [0, 0.05) is 37.0 Å². The number of nitrogens with zero attached hydrogens (tertiary/aromatic N) is 2. The molecule has 24 heavy (non-hydrogen) atoms. The Hall–Kier alpha value is -2.42. The first-order valence-electron chi connectivity index (χ1n) is 7.38. The quantitative estimate of drug-likeness (QED) is 0.596. The molecule has 9 heteroatoms. The Morgan fingerprint density at radius 2 is 1.54 bits per heavy atom. The van der Waals surface area contributed by atoms with Crippen LogP contribution in [0.25, 0.3) is 0 Å². The number of halogens is 1. The van der Waals surface area contributed by atoms with Crippen LogP contribution in [0.4, 0.5) is 9.57 Å². The lowest BCUT2D eigenvalue weighted by atomic mass is 10.0. The molecule has 2 aliphatic heterocycles. The van der Waals surface area contributed by atoms with Crippen LogP contribution >= 0.6 is 0 Å². The molecule has 0 radical (unpaired) electrons. The van der Waals surface area contributed by atoms with E-state index in [2.05, 4.69) is 4.18 Å². The molecule has 1 fully saturated rings. The minimum atomic E-state index is -5.03. The third kappa shape index (κ3) is 3.56. The fraction of sp³-hybridized carbons (Fsp3) is 0.333. The zero-order valence-corrected chi connectivity index (χ0v) is 13.4. The lowest BCUT2D eigenvalue weighted by Gasteiger charge is -2.36. The van der Waals surface area contributed by atoms with Crippen LogP contribution < -0.4 is 9.08 Å². The Balaban J connectivity index is 1.61. The van der Waals surface area contributed by atoms with E-state index in [-0.39, 0.29) is 23.6 Å². The number of imide groups is 1. The molecule has 3 rings (SSSR count). The molecule has 0 bridgehead atoms. The topological polar surface area (TPSA) is 84.0 Å². The number of piperidine rings is 1. The van der Waals surface area contributed by atoms with Crippen LogP contribution in [0, 0.1) is 0 Å². The predicted molar refractivity (Wildman–Crippen MR) is 83.3 cm³/mol. The number of amides is 2. The lowest BCUT2D eigenvalue weighted by molar-refractivity contribution is -0.139. The van der Waals surface area contributed by atoms with Gasteiger partial charge in [-0.1, -0.05) is 3.89 Å². The summed E-state index contributed by atoms with van der Waals surface area (Å²) in [6.07, 6.45) is 3.87. The van der Waals surface area contributed by atoms with Crippen LogP contribution in [0.3, 0.4) is 0 Å². The van der Waals surface area contributed by atoms with Crippen molar-refractivity contribution in [1.29, 1.82) is 0 Å². The number of carbonyl (C=O) groups is 2. The lowest BCUT2D eigenvalue weighted by Crippen LogP contribution is -2.47. The summed E-state index contributed by atoms with van der Waals surface area (Å²) in [5.74, 6) is -0.643. The van der Waals surface area contributed by atoms with Gasteiger partial charge in [-0.25, -0.2) is 0 Å². The highest BCUT2D eigenvalue weighted by Gasteiger charge is 2.33. The third-order valence-electron chi connectivity index (χ3n) is 4.07. The Bertz CT molecular complexity index is 765. The van der Waals surface area contributed by atoms with Crippen molar-refractivity contribution in [2.75, 3.05) is 18.0 Å². The molecule has 1 aromatic rings. The van der Waals surface area contributed by atoms with Crippen molar-refractivity contribution < 1.29 is 26.1 Å². The van der Waals surface area contributed by atoms with E-state index in [1.54, 1.807) is 12.1 Å². The van der Waals surface area contributed by atoms with Crippen LogP contribution in [0.5, 0.6) is 5.75 Å². The largest absolute Gasteiger partial charge is 0.488 e. The normalized spacial score (nSPS) is 19.2. The Kier molecular flexibility index (Phi) is 4.27. The first kappa shape index (κ1) is 16.4. The van der Waals surface area contributed by atoms with Crippen molar-refractivity contribution >= 4 is 28.0 Å². The second kappa shape index (κ2) is 6.23. The third-order valence-corrected chi connectivity index (χ3v) is 4.46. The highest BCUT2D eigenvalue weighted by Crippen LogP contribution is 2.26. The van der Waals surface area contributed by atoms with E-state index in [9.17, 15) is 21.9 Å². The average Bonchev–Trinajstić information content (AvgIpc) is 2.86. The van der Waals surface area contributed by atoms with Crippen molar-refractivity contribution in [1.82, 2.24) is 4.90 Å². The van der Waals surface area contributed by atoms with Gasteiger partial charge in [-0.3, -0.25) is 14.5 Å². The number of hydrogen-bond donors (Lipinski definition) is 0. The molecule has 0 atom stereocenters. The van der Waals surface area contributed by atoms with Crippen LogP contribution in [-0.4, -0.2) is 44.3 Å². The monoisotopic (exact) mass is 354 g/mol. The molecule has 2 aliphatic rings. The van der Waals surface area contributed by atoms with Gasteiger partial charge in [-0.15, -0.1) is 0 Å². The molecule has 0 aliphatic carbocycles. The molecule has 128 valence electrons. The highest BCUT2D eigenvalue weighted by atomic mass is 32.3. The molecule has 2 amide bonds. The van der Waals surface area contributed by atoms with Gasteiger partial charge >= 0.3 is 10.5 Å². The van der Waals surface area contributed by atoms with Gasteiger partial charge in [0.1, 0.15) is 5.75 Å². The first-order chi connectivity index (χ1) is 11.3. The van der Waals surface area contributed by atoms with Crippen LogP contribution in [-0.2, 0) is 20.1 Å². The van der Waals surface area contributed by atoms with Gasteiger partial charge in [0.2, 0.25) is 0 Å². The van der Waals surface area contributed by atoms with Crippen LogP contribution in [0.15, 0.2) is 36.4 Å². The molecule has 0 saturated carbocycles. The molecule has 0 unspecified atom stereocenters. The van der Waals surface area contributed by atoms with E-state index in [4.69, 9.17) is 0 Å². The van der Waals surface area contributed by atoms with Crippen LogP contribution in [0.1, 0.15) is 12.8 Å². The summed E-state index contributed by atoms with van der Waals surface area (Å²) < 4.78 is 37.5. The standard InChI is InChI=1S/C15H15FN2O5S/c16-24(21,22)23-13-3-1-11(2-4-13)17-9-7-12(8-10-17)18-14(19)5-6-15(18)20/h1-6,12H,7-10H2. The van der Waals surface area contributed by atoms with Gasteiger partial charge < -0.3 is 9.08 Å². The number of anilines is 1. The zero-order chi connectivity index (χ0) is 17.3. The van der Waals surface area contributed by atoms with Gasteiger partial charge in [-0.2, -0.15) is 8.42 Å². The second-order valence-electron chi connectivity index (χ2n) is 5.57. The van der Waals surface area contributed by atoms with Gasteiger partial charge in [-0.05, 0) is 37.1 Å². The molecule has 2 heterocycles. The van der Waals surface area contributed by atoms with Crippen molar-refractivity contribution in [3.05, 3.63) is 36.4 Å². The van der Waals surface area contributed by atoms with Gasteiger partial charge in [0.05, 0.1) is 0 Å². The van der Waals surface area contributed by atoms with Gasteiger partial charge in [0.15, 0.2) is 0 Å².